The molecule has 0 aliphatic carbocycles. The van der Waals surface area contributed by atoms with Crippen molar-refractivity contribution in [3.63, 3.8) is 0 Å². The van der Waals surface area contributed by atoms with Crippen LogP contribution in [0, 0.1) is 0 Å². The first-order valence-electron chi connectivity index (χ1n) is 5.62. The molecule has 0 rings (SSSR count). The summed E-state index contributed by atoms with van der Waals surface area (Å²) >= 11 is 0. The highest BCUT2D eigenvalue weighted by atomic mass is 16.5. The number of esters is 1. The van der Waals surface area contributed by atoms with Gasteiger partial charge >= 0.3 is 5.97 Å². The Morgan fingerprint density at radius 3 is 2.75 bits per heavy atom. The van der Waals surface area contributed by atoms with Crippen LogP contribution < -0.4 is 5.32 Å². The molecule has 0 radical (unpaired) electrons. The van der Waals surface area contributed by atoms with Gasteiger partial charge in [0.2, 0.25) is 0 Å². The van der Waals surface area contributed by atoms with Crippen LogP contribution >= 0.6 is 0 Å². The highest BCUT2D eigenvalue weighted by Gasteiger charge is 2.33. The normalized spacial score (nSPS) is 14.2. The molecule has 0 aliphatic rings. The maximum atomic E-state index is 11.8. The van der Waals surface area contributed by atoms with E-state index >= 15 is 0 Å². The lowest BCUT2D eigenvalue weighted by atomic mass is 9.96. The second-order valence-electron chi connectivity index (χ2n) is 3.80. The van der Waals surface area contributed by atoms with Crippen molar-refractivity contribution in [1.82, 2.24) is 5.32 Å². The highest BCUT2D eigenvalue weighted by molar-refractivity contribution is 5.80. The van der Waals surface area contributed by atoms with Gasteiger partial charge < -0.3 is 9.47 Å². The predicted octanol–water partition coefficient (Wildman–Crippen LogP) is 1.51. The molecule has 4 heteroatoms. The Labute approximate surface area is 98.0 Å². The van der Waals surface area contributed by atoms with Crippen LogP contribution in [-0.2, 0) is 14.3 Å². The Morgan fingerprint density at radius 2 is 2.25 bits per heavy atom. The van der Waals surface area contributed by atoms with E-state index in [0.29, 0.717) is 26.2 Å². The first-order valence-corrected chi connectivity index (χ1v) is 5.62. The summed E-state index contributed by atoms with van der Waals surface area (Å²) in [5.41, 5.74) is -0.650. The first kappa shape index (κ1) is 15.1. The summed E-state index contributed by atoms with van der Waals surface area (Å²) in [5.74, 6) is -0.215. The number of rotatable bonds is 9. The number of ether oxygens (including phenoxy) is 2. The van der Waals surface area contributed by atoms with Crippen molar-refractivity contribution in [1.29, 1.82) is 0 Å². The van der Waals surface area contributed by atoms with E-state index in [2.05, 4.69) is 11.9 Å². The second kappa shape index (κ2) is 8.30. The number of hydrogen-bond donors (Lipinski definition) is 1. The van der Waals surface area contributed by atoms with Crippen molar-refractivity contribution in [2.75, 3.05) is 26.9 Å². The summed E-state index contributed by atoms with van der Waals surface area (Å²) < 4.78 is 10.0. The van der Waals surface area contributed by atoms with Gasteiger partial charge in [0.05, 0.1) is 13.2 Å². The van der Waals surface area contributed by atoms with Crippen LogP contribution in [0.15, 0.2) is 12.7 Å². The number of methoxy groups -OCH3 is 1. The topological polar surface area (TPSA) is 47.6 Å². The van der Waals surface area contributed by atoms with E-state index in [1.165, 1.54) is 0 Å². The van der Waals surface area contributed by atoms with Crippen molar-refractivity contribution in [2.24, 2.45) is 0 Å². The SMILES string of the molecule is C=CCCC(C)(NCCOC)C(=O)OCC. The molecule has 0 fully saturated rings. The zero-order chi connectivity index (χ0) is 12.4. The number of carbonyl (C=O) groups excluding carboxylic acids is 1. The van der Waals surface area contributed by atoms with Crippen molar-refractivity contribution < 1.29 is 14.3 Å². The average Bonchev–Trinajstić information content (AvgIpc) is 2.27. The van der Waals surface area contributed by atoms with Gasteiger partial charge in [0.1, 0.15) is 5.54 Å². The van der Waals surface area contributed by atoms with E-state index in [1.54, 1.807) is 20.1 Å². The van der Waals surface area contributed by atoms with Crippen LogP contribution in [0.4, 0.5) is 0 Å². The maximum absolute atomic E-state index is 11.8. The van der Waals surface area contributed by atoms with Gasteiger partial charge in [-0.25, -0.2) is 0 Å². The first-order chi connectivity index (χ1) is 7.60. The van der Waals surface area contributed by atoms with Crippen LogP contribution in [0.1, 0.15) is 26.7 Å². The lowest BCUT2D eigenvalue weighted by Gasteiger charge is -2.28. The molecule has 1 N–H and O–H groups in total. The molecule has 0 heterocycles. The summed E-state index contributed by atoms with van der Waals surface area (Å²) in [4.78, 5) is 11.8. The minimum absolute atomic E-state index is 0.215. The van der Waals surface area contributed by atoms with Gasteiger partial charge in [0.25, 0.3) is 0 Å². The smallest absolute Gasteiger partial charge is 0.326 e. The highest BCUT2D eigenvalue weighted by Crippen LogP contribution is 2.14. The lowest BCUT2D eigenvalue weighted by Crippen LogP contribution is -2.51. The van der Waals surface area contributed by atoms with Crippen LogP contribution in [0.2, 0.25) is 0 Å². The van der Waals surface area contributed by atoms with Gasteiger partial charge in [-0.2, -0.15) is 0 Å². The second-order valence-corrected chi connectivity index (χ2v) is 3.80. The Balaban J connectivity index is 4.33. The van der Waals surface area contributed by atoms with E-state index < -0.39 is 5.54 Å². The van der Waals surface area contributed by atoms with Gasteiger partial charge in [-0.3, -0.25) is 10.1 Å². The molecular weight excluding hydrogens is 206 g/mol. The van der Waals surface area contributed by atoms with Crippen molar-refractivity contribution in [2.45, 2.75) is 32.2 Å². The van der Waals surface area contributed by atoms with Crippen molar-refractivity contribution in [3.8, 4) is 0 Å². The van der Waals surface area contributed by atoms with Gasteiger partial charge in [0, 0.05) is 13.7 Å². The van der Waals surface area contributed by atoms with Crippen LogP contribution in [0.3, 0.4) is 0 Å². The Bertz CT molecular complexity index is 218. The summed E-state index contributed by atoms with van der Waals surface area (Å²) in [6, 6.07) is 0. The fourth-order valence-corrected chi connectivity index (χ4v) is 1.37. The molecule has 4 nitrogen and oxygen atoms in total. The van der Waals surface area contributed by atoms with Gasteiger partial charge in [-0.15, -0.1) is 6.58 Å². The fraction of sp³-hybridized carbons (Fsp3) is 0.750. The third-order valence-electron chi connectivity index (χ3n) is 2.40. The Morgan fingerprint density at radius 1 is 1.56 bits per heavy atom. The minimum Gasteiger partial charge on any atom is -0.465 e. The van der Waals surface area contributed by atoms with E-state index in [4.69, 9.17) is 9.47 Å². The molecular formula is C12H23NO3. The zero-order valence-corrected chi connectivity index (χ0v) is 10.5. The number of allylic oxidation sites excluding steroid dienone is 1. The molecule has 0 saturated heterocycles. The molecule has 0 aliphatic heterocycles. The largest absolute Gasteiger partial charge is 0.465 e. The zero-order valence-electron chi connectivity index (χ0n) is 10.5. The summed E-state index contributed by atoms with van der Waals surface area (Å²) in [6.07, 6.45) is 3.25. The Kier molecular flexibility index (Phi) is 7.85. The predicted molar refractivity (Wildman–Crippen MR) is 64.3 cm³/mol. The van der Waals surface area contributed by atoms with Crippen LogP contribution in [-0.4, -0.2) is 38.4 Å². The van der Waals surface area contributed by atoms with Gasteiger partial charge in [-0.05, 0) is 26.7 Å². The van der Waals surface area contributed by atoms with E-state index in [1.807, 2.05) is 6.92 Å². The van der Waals surface area contributed by atoms with E-state index in [0.717, 1.165) is 6.42 Å². The molecule has 0 aromatic rings. The summed E-state index contributed by atoms with van der Waals surface area (Å²) in [6.45, 7) is 8.92. The Hall–Kier alpha value is -0.870. The van der Waals surface area contributed by atoms with Crippen molar-refractivity contribution in [3.05, 3.63) is 12.7 Å². The molecule has 0 aromatic carbocycles. The summed E-state index contributed by atoms with van der Waals surface area (Å²) in [7, 11) is 1.63. The van der Waals surface area contributed by atoms with E-state index in [-0.39, 0.29) is 5.97 Å². The molecule has 0 aromatic heterocycles. The molecule has 0 spiro atoms. The minimum atomic E-state index is -0.650. The fourth-order valence-electron chi connectivity index (χ4n) is 1.37. The van der Waals surface area contributed by atoms with Crippen molar-refractivity contribution >= 4 is 5.97 Å². The number of nitrogens with one attached hydrogen (secondary N) is 1. The number of hydrogen-bond acceptors (Lipinski definition) is 4. The lowest BCUT2D eigenvalue weighted by molar-refractivity contribution is -0.150. The number of carbonyl (C=O) groups is 1. The van der Waals surface area contributed by atoms with Crippen LogP contribution in [0.5, 0.6) is 0 Å². The molecule has 94 valence electrons. The van der Waals surface area contributed by atoms with Crippen LogP contribution in [0.25, 0.3) is 0 Å². The van der Waals surface area contributed by atoms with Gasteiger partial charge in [-0.1, -0.05) is 6.08 Å². The standard InChI is InChI=1S/C12H23NO3/c1-5-7-8-12(3,11(14)16-6-2)13-9-10-15-4/h5,13H,1,6-10H2,2-4H3. The average molecular weight is 229 g/mol. The summed E-state index contributed by atoms with van der Waals surface area (Å²) in [5, 5.41) is 3.17. The quantitative estimate of drug-likeness (QED) is 0.370. The molecule has 0 saturated carbocycles. The molecule has 16 heavy (non-hydrogen) atoms. The monoisotopic (exact) mass is 229 g/mol. The molecule has 1 unspecified atom stereocenters. The van der Waals surface area contributed by atoms with E-state index in [9.17, 15) is 4.79 Å². The van der Waals surface area contributed by atoms with Gasteiger partial charge in [0.15, 0.2) is 0 Å². The molecule has 0 bridgehead atoms. The molecule has 1 atom stereocenters. The third kappa shape index (κ3) is 5.28. The maximum Gasteiger partial charge on any atom is 0.326 e. The third-order valence-corrected chi connectivity index (χ3v) is 2.40. The molecule has 0 amide bonds.